The number of carbonyl (C=O) groups excluding carboxylic acids is 1. The van der Waals surface area contributed by atoms with E-state index in [1.165, 1.54) is 25.3 Å². The molecule has 0 saturated carbocycles. The largest absolute Gasteiger partial charge is 0.495 e. The Kier molecular flexibility index (Phi) is 5.70. The van der Waals surface area contributed by atoms with Crippen LogP contribution in [-0.2, 0) is 4.79 Å². The summed E-state index contributed by atoms with van der Waals surface area (Å²) in [6.07, 6.45) is 1.52. The second-order valence-corrected chi connectivity index (χ2v) is 6.52. The van der Waals surface area contributed by atoms with Gasteiger partial charge in [0.05, 0.1) is 23.6 Å². The fourth-order valence-electron chi connectivity index (χ4n) is 3.02. The number of piperidine rings is 1. The van der Waals surface area contributed by atoms with Gasteiger partial charge in [0.25, 0.3) is 5.69 Å². The van der Waals surface area contributed by atoms with Crippen molar-refractivity contribution in [2.24, 2.45) is 5.92 Å². The highest BCUT2D eigenvalue weighted by Gasteiger charge is 2.27. The molecule has 1 atom stereocenters. The molecule has 2 aromatic rings. The predicted octanol–water partition coefficient (Wildman–Crippen LogP) is 2.90. The molecule has 1 aromatic heterocycles. The lowest BCUT2D eigenvalue weighted by molar-refractivity contribution is -0.384. The summed E-state index contributed by atoms with van der Waals surface area (Å²) in [7, 11) is 1.44. The van der Waals surface area contributed by atoms with Crippen molar-refractivity contribution in [2.45, 2.75) is 12.8 Å². The average Bonchev–Trinajstić information content (AvgIpc) is 2.68. The van der Waals surface area contributed by atoms with Crippen LogP contribution in [0, 0.1) is 16.0 Å². The van der Waals surface area contributed by atoms with Crippen molar-refractivity contribution in [3.05, 3.63) is 45.6 Å². The molecule has 10 heteroatoms. The van der Waals surface area contributed by atoms with Gasteiger partial charge in [-0.15, -0.1) is 10.2 Å². The lowest BCUT2D eigenvalue weighted by atomic mass is 9.97. The summed E-state index contributed by atoms with van der Waals surface area (Å²) >= 11 is 5.77. The number of methoxy groups -OCH3 is 1. The van der Waals surface area contributed by atoms with Crippen LogP contribution in [0.5, 0.6) is 5.75 Å². The van der Waals surface area contributed by atoms with Gasteiger partial charge in [0.15, 0.2) is 11.0 Å². The number of hydrogen-bond donors (Lipinski definition) is 1. The van der Waals surface area contributed by atoms with Gasteiger partial charge in [-0.25, -0.2) is 0 Å². The standard InChI is InChI=1S/C17H18ClN5O4/c1-27-14-5-4-12(23(25)26)9-13(14)19-17(24)11-3-2-8-22(10-11)16-7-6-15(18)20-21-16/h4-7,9,11H,2-3,8,10H2,1H3,(H,19,24). The number of non-ortho nitro benzene ring substituents is 1. The summed E-state index contributed by atoms with van der Waals surface area (Å²) in [4.78, 5) is 25.2. The number of halogens is 1. The van der Waals surface area contributed by atoms with E-state index < -0.39 is 4.92 Å². The second-order valence-electron chi connectivity index (χ2n) is 6.13. The predicted molar refractivity (Wildman–Crippen MR) is 100 cm³/mol. The lowest BCUT2D eigenvalue weighted by Crippen LogP contribution is -2.41. The fourth-order valence-corrected chi connectivity index (χ4v) is 3.12. The molecule has 27 heavy (non-hydrogen) atoms. The van der Waals surface area contributed by atoms with E-state index in [-0.39, 0.29) is 23.2 Å². The number of nitro groups is 1. The number of nitro benzene ring substituents is 1. The van der Waals surface area contributed by atoms with E-state index in [0.717, 1.165) is 13.0 Å². The third-order valence-corrected chi connectivity index (χ3v) is 4.59. The molecule has 1 unspecified atom stereocenters. The molecule has 1 aliphatic rings. The minimum Gasteiger partial charge on any atom is -0.495 e. The molecular formula is C17H18ClN5O4. The molecule has 3 rings (SSSR count). The van der Waals surface area contributed by atoms with Crippen molar-refractivity contribution in [3.63, 3.8) is 0 Å². The first-order valence-electron chi connectivity index (χ1n) is 8.35. The van der Waals surface area contributed by atoms with Gasteiger partial charge < -0.3 is 15.0 Å². The van der Waals surface area contributed by atoms with Crippen molar-refractivity contribution in [1.29, 1.82) is 0 Å². The van der Waals surface area contributed by atoms with Crippen LogP contribution in [-0.4, -0.2) is 41.2 Å². The zero-order chi connectivity index (χ0) is 19.4. The molecule has 0 spiro atoms. The van der Waals surface area contributed by atoms with E-state index in [0.29, 0.717) is 29.7 Å². The number of rotatable bonds is 5. The summed E-state index contributed by atoms with van der Waals surface area (Å²) in [6.45, 7) is 1.24. The van der Waals surface area contributed by atoms with Gasteiger partial charge in [-0.3, -0.25) is 14.9 Å². The highest BCUT2D eigenvalue weighted by atomic mass is 35.5. The molecule has 9 nitrogen and oxygen atoms in total. The summed E-state index contributed by atoms with van der Waals surface area (Å²) in [6, 6.07) is 7.50. The Morgan fingerprint density at radius 1 is 1.37 bits per heavy atom. The number of benzene rings is 1. The smallest absolute Gasteiger partial charge is 0.271 e. The molecule has 2 heterocycles. The van der Waals surface area contributed by atoms with Crippen molar-refractivity contribution in [1.82, 2.24) is 10.2 Å². The number of nitrogens with zero attached hydrogens (tertiary/aromatic N) is 4. The average molecular weight is 392 g/mol. The Balaban J connectivity index is 1.73. The minimum atomic E-state index is -0.517. The monoisotopic (exact) mass is 391 g/mol. The Bertz CT molecular complexity index is 846. The second kappa shape index (κ2) is 8.17. The van der Waals surface area contributed by atoms with Crippen LogP contribution in [0.3, 0.4) is 0 Å². The molecule has 1 amide bonds. The Labute approximate surface area is 160 Å². The molecule has 0 radical (unpaired) electrons. The van der Waals surface area contributed by atoms with E-state index in [1.807, 2.05) is 4.90 Å². The number of carbonyl (C=O) groups is 1. The van der Waals surface area contributed by atoms with Crippen LogP contribution in [0.1, 0.15) is 12.8 Å². The molecule has 0 aliphatic carbocycles. The van der Waals surface area contributed by atoms with Crippen LogP contribution in [0.15, 0.2) is 30.3 Å². The Hall–Kier alpha value is -2.94. The molecule has 1 aliphatic heterocycles. The zero-order valence-corrected chi connectivity index (χ0v) is 15.3. The SMILES string of the molecule is COc1ccc([N+](=O)[O-])cc1NC(=O)C1CCCN(c2ccc(Cl)nn2)C1. The first-order chi connectivity index (χ1) is 13.0. The van der Waals surface area contributed by atoms with Crippen LogP contribution in [0.4, 0.5) is 17.2 Å². The van der Waals surface area contributed by atoms with Gasteiger partial charge in [0.2, 0.25) is 5.91 Å². The highest BCUT2D eigenvalue weighted by Crippen LogP contribution is 2.30. The Morgan fingerprint density at radius 2 is 2.19 bits per heavy atom. The molecule has 1 N–H and O–H groups in total. The molecule has 0 bridgehead atoms. The normalized spacial score (nSPS) is 16.7. The van der Waals surface area contributed by atoms with E-state index >= 15 is 0 Å². The van der Waals surface area contributed by atoms with E-state index in [2.05, 4.69) is 15.5 Å². The first-order valence-corrected chi connectivity index (χ1v) is 8.73. The van der Waals surface area contributed by atoms with Crippen LogP contribution >= 0.6 is 11.6 Å². The number of hydrogen-bond acceptors (Lipinski definition) is 7. The third kappa shape index (κ3) is 4.43. The van der Waals surface area contributed by atoms with E-state index in [1.54, 1.807) is 12.1 Å². The van der Waals surface area contributed by atoms with Gasteiger partial charge >= 0.3 is 0 Å². The van der Waals surface area contributed by atoms with Gasteiger partial charge in [-0.1, -0.05) is 11.6 Å². The third-order valence-electron chi connectivity index (χ3n) is 4.39. The lowest BCUT2D eigenvalue weighted by Gasteiger charge is -2.32. The Morgan fingerprint density at radius 3 is 2.85 bits per heavy atom. The number of nitrogens with one attached hydrogen (secondary N) is 1. The maximum atomic E-state index is 12.7. The maximum absolute atomic E-state index is 12.7. The van der Waals surface area contributed by atoms with E-state index in [9.17, 15) is 14.9 Å². The van der Waals surface area contributed by atoms with Gasteiger partial charge in [0, 0.05) is 25.2 Å². The summed E-state index contributed by atoms with van der Waals surface area (Å²) < 4.78 is 5.19. The van der Waals surface area contributed by atoms with Gasteiger partial charge in [-0.2, -0.15) is 0 Å². The van der Waals surface area contributed by atoms with Crippen LogP contribution in [0.25, 0.3) is 0 Å². The molecule has 142 valence electrons. The summed E-state index contributed by atoms with van der Waals surface area (Å²) in [5, 5.41) is 21.9. The topological polar surface area (TPSA) is 110 Å². The molecule has 1 fully saturated rings. The van der Waals surface area contributed by atoms with Crippen LogP contribution in [0.2, 0.25) is 5.15 Å². The number of ether oxygens (including phenoxy) is 1. The van der Waals surface area contributed by atoms with Crippen molar-refractivity contribution >= 4 is 34.7 Å². The number of anilines is 2. The molecule has 1 aromatic carbocycles. The van der Waals surface area contributed by atoms with Gasteiger partial charge in [-0.05, 0) is 31.0 Å². The van der Waals surface area contributed by atoms with Crippen LogP contribution < -0.4 is 15.0 Å². The summed E-state index contributed by atoms with van der Waals surface area (Å²) in [5.74, 6) is 0.510. The number of aromatic nitrogens is 2. The highest BCUT2D eigenvalue weighted by molar-refractivity contribution is 6.29. The summed E-state index contributed by atoms with van der Waals surface area (Å²) in [5.41, 5.74) is 0.160. The molecular weight excluding hydrogens is 374 g/mol. The van der Waals surface area contributed by atoms with Crippen molar-refractivity contribution in [2.75, 3.05) is 30.4 Å². The van der Waals surface area contributed by atoms with Crippen molar-refractivity contribution < 1.29 is 14.5 Å². The fraction of sp³-hybridized carbons (Fsp3) is 0.353. The quantitative estimate of drug-likeness (QED) is 0.616. The first kappa shape index (κ1) is 18.8. The van der Waals surface area contributed by atoms with Gasteiger partial charge in [0.1, 0.15) is 5.75 Å². The minimum absolute atomic E-state index is 0.118. The van der Waals surface area contributed by atoms with Crippen molar-refractivity contribution in [3.8, 4) is 5.75 Å². The van der Waals surface area contributed by atoms with E-state index in [4.69, 9.17) is 16.3 Å². The zero-order valence-electron chi connectivity index (χ0n) is 14.6. The number of amides is 1. The maximum Gasteiger partial charge on any atom is 0.271 e. The molecule has 1 saturated heterocycles.